The maximum atomic E-state index is 10.7. The summed E-state index contributed by atoms with van der Waals surface area (Å²) in [4.78, 5) is 12.9. The molecule has 0 radical (unpaired) electrons. The van der Waals surface area contributed by atoms with Crippen molar-refractivity contribution in [1.82, 2.24) is 10.2 Å². The number of methoxy groups -OCH3 is 1. The van der Waals surface area contributed by atoms with Crippen LogP contribution in [0.2, 0.25) is 0 Å². The van der Waals surface area contributed by atoms with E-state index in [4.69, 9.17) is 9.84 Å². The monoisotopic (exact) mass is 250 g/mol. The number of likely N-dealkylation sites (tertiary alicyclic amines) is 1. The minimum absolute atomic E-state index is 0.0789. The van der Waals surface area contributed by atoms with Gasteiger partial charge in [0.05, 0.1) is 12.1 Å². The molecule has 0 aliphatic carbocycles. The fraction of sp³-hybridized carbons (Fsp3) is 0.462. The minimum atomic E-state index is -0.997. The fourth-order valence-corrected chi connectivity index (χ4v) is 2.36. The Bertz CT molecular complexity index is 396. The second-order valence-electron chi connectivity index (χ2n) is 4.51. The van der Waals surface area contributed by atoms with Gasteiger partial charge >= 0.3 is 6.09 Å². The van der Waals surface area contributed by atoms with Crippen LogP contribution in [-0.4, -0.2) is 48.4 Å². The number of hydrogen-bond acceptors (Lipinski definition) is 3. The molecule has 1 saturated heterocycles. The predicted octanol–water partition coefficient (Wildman–Crippen LogP) is 1.15. The van der Waals surface area contributed by atoms with Crippen LogP contribution >= 0.6 is 0 Å². The molecule has 0 saturated carbocycles. The molecule has 98 valence electrons. The summed E-state index contributed by atoms with van der Waals surface area (Å²) in [6.07, 6.45) is -1.08. The molecule has 2 N–H and O–H groups in total. The van der Waals surface area contributed by atoms with E-state index < -0.39 is 6.09 Å². The Morgan fingerprint density at radius 2 is 2.17 bits per heavy atom. The maximum absolute atomic E-state index is 10.7. The lowest BCUT2D eigenvalue weighted by Gasteiger charge is -2.16. The first kappa shape index (κ1) is 12.9. The van der Waals surface area contributed by atoms with E-state index in [2.05, 4.69) is 22.3 Å². The lowest BCUT2D eigenvalue weighted by Crippen LogP contribution is -2.42. The molecule has 1 aliphatic heterocycles. The Hall–Kier alpha value is -1.59. The molecule has 2 rings (SSSR count). The summed E-state index contributed by atoms with van der Waals surface area (Å²) < 4.78 is 5.33. The van der Waals surface area contributed by atoms with Crippen molar-refractivity contribution in [2.75, 3.05) is 20.2 Å². The second-order valence-corrected chi connectivity index (χ2v) is 4.51. The Morgan fingerprint density at radius 1 is 1.44 bits per heavy atom. The number of benzene rings is 1. The van der Waals surface area contributed by atoms with Gasteiger partial charge in [-0.2, -0.15) is 0 Å². The number of nitrogens with one attached hydrogen (secondary N) is 1. The normalized spacial score (nSPS) is 24.1. The summed E-state index contributed by atoms with van der Waals surface area (Å²) in [6, 6.07) is 9.98. The van der Waals surface area contributed by atoms with Crippen LogP contribution in [0.1, 0.15) is 5.56 Å². The van der Waals surface area contributed by atoms with Crippen molar-refractivity contribution < 1.29 is 14.6 Å². The van der Waals surface area contributed by atoms with Crippen LogP contribution in [0, 0.1) is 0 Å². The number of amides is 1. The van der Waals surface area contributed by atoms with Crippen LogP contribution in [-0.2, 0) is 11.3 Å². The SMILES string of the molecule is CO[C@H]1CN(Cc2ccccc2)C[C@@H]1NC(=O)O. The van der Waals surface area contributed by atoms with Crippen LogP contribution in [0.25, 0.3) is 0 Å². The van der Waals surface area contributed by atoms with Gasteiger partial charge in [0.15, 0.2) is 0 Å². The third-order valence-electron chi connectivity index (χ3n) is 3.20. The van der Waals surface area contributed by atoms with Crippen LogP contribution in [0.4, 0.5) is 4.79 Å². The molecule has 1 fully saturated rings. The third-order valence-corrected chi connectivity index (χ3v) is 3.20. The van der Waals surface area contributed by atoms with E-state index in [1.165, 1.54) is 5.56 Å². The lowest BCUT2D eigenvalue weighted by atomic mass is 10.2. The molecule has 18 heavy (non-hydrogen) atoms. The van der Waals surface area contributed by atoms with Crippen molar-refractivity contribution in [3.8, 4) is 0 Å². The molecule has 1 aromatic carbocycles. The summed E-state index contributed by atoms with van der Waals surface area (Å²) in [5.41, 5.74) is 1.23. The Labute approximate surface area is 106 Å². The zero-order chi connectivity index (χ0) is 13.0. The molecular weight excluding hydrogens is 232 g/mol. The van der Waals surface area contributed by atoms with Gasteiger partial charge in [0.25, 0.3) is 0 Å². The Balaban J connectivity index is 1.94. The number of hydrogen-bond donors (Lipinski definition) is 2. The summed E-state index contributed by atoms with van der Waals surface area (Å²) in [5.74, 6) is 0. The minimum Gasteiger partial charge on any atom is -0.465 e. The van der Waals surface area contributed by atoms with E-state index >= 15 is 0 Å². The number of rotatable bonds is 4. The quantitative estimate of drug-likeness (QED) is 0.841. The number of carbonyl (C=O) groups is 1. The van der Waals surface area contributed by atoms with E-state index in [1.807, 2.05) is 18.2 Å². The average molecular weight is 250 g/mol. The van der Waals surface area contributed by atoms with E-state index in [0.29, 0.717) is 6.54 Å². The van der Waals surface area contributed by atoms with Crippen molar-refractivity contribution in [2.24, 2.45) is 0 Å². The maximum Gasteiger partial charge on any atom is 0.405 e. The van der Waals surface area contributed by atoms with E-state index in [9.17, 15) is 4.79 Å². The number of carboxylic acid groups (broad SMARTS) is 1. The second kappa shape index (κ2) is 5.84. The topological polar surface area (TPSA) is 61.8 Å². The summed E-state index contributed by atoms with van der Waals surface area (Å²) in [6.45, 7) is 2.24. The fourth-order valence-electron chi connectivity index (χ4n) is 2.36. The zero-order valence-electron chi connectivity index (χ0n) is 10.4. The van der Waals surface area contributed by atoms with Gasteiger partial charge in [0.2, 0.25) is 0 Å². The third kappa shape index (κ3) is 3.21. The van der Waals surface area contributed by atoms with Crippen molar-refractivity contribution >= 4 is 6.09 Å². The van der Waals surface area contributed by atoms with Gasteiger partial charge in [-0.3, -0.25) is 4.90 Å². The summed E-state index contributed by atoms with van der Waals surface area (Å²) in [5, 5.41) is 11.3. The van der Waals surface area contributed by atoms with Gasteiger partial charge < -0.3 is 15.2 Å². The molecule has 2 atom stereocenters. The van der Waals surface area contributed by atoms with Gasteiger partial charge in [-0.15, -0.1) is 0 Å². The average Bonchev–Trinajstić information content (AvgIpc) is 2.71. The smallest absolute Gasteiger partial charge is 0.405 e. The Morgan fingerprint density at radius 3 is 2.78 bits per heavy atom. The summed E-state index contributed by atoms with van der Waals surface area (Å²) in [7, 11) is 1.62. The van der Waals surface area contributed by atoms with Crippen molar-refractivity contribution in [3.63, 3.8) is 0 Å². The van der Waals surface area contributed by atoms with Gasteiger partial charge in [0, 0.05) is 26.7 Å². The first-order chi connectivity index (χ1) is 8.69. The van der Waals surface area contributed by atoms with Gasteiger partial charge in [0.1, 0.15) is 0 Å². The molecule has 1 heterocycles. The zero-order valence-corrected chi connectivity index (χ0v) is 10.4. The molecule has 5 nitrogen and oxygen atoms in total. The summed E-state index contributed by atoms with van der Waals surface area (Å²) >= 11 is 0. The largest absolute Gasteiger partial charge is 0.465 e. The van der Waals surface area contributed by atoms with E-state index in [1.54, 1.807) is 7.11 Å². The van der Waals surface area contributed by atoms with Crippen LogP contribution in [0.5, 0.6) is 0 Å². The molecule has 1 aliphatic rings. The highest BCUT2D eigenvalue weighted by molar-refractivity contribution is 5.65. The van der Waals surface area contributed by atoms with Crippen molar-refractivity contribution in [2.45, 2.75) is 18.7 Å². The van der Waals surface area contributed by atoms with Crippen LogP contribution in [0.3, 0.4) is 0 Å². The molecule has 0 aromatic heterocycles. The first-order valence-corrected chi connectivity index (χ1v) is 5.97. The van der Waals surface area contributed by atoms with Gasteiger partial charge in [-0.05, 0) is 5.56 Å². The molecule has 0 spiro atoms. The van der Waals surface area contributed by atoms with E-state index in [0.717, 1.165) is 13.1 Å². The van der Waals surface area contributed by atoms with Crippen LogP contribution < -0.4 is 5.32 Å². The molecule has 1 amide bonds. The number of ether oxygens (including phenoxy) is 1. The first-order valence-electron chi connectivity index (χ1n) is 5.97. The van der Waals surface area contributed by atoms with Crippen molar-refractivity contribution in [3.05, 3.63) is 35.9 Å². The molecular formula is C13H18N2O3. The van der Waals surface area contributed by atoms with Gasteiger partial charge in [-0.1, -0.05) is 30.3 Å². The highest BCUT2D eigenvalue weighted by Crippen LogP contribution is 2.16. The standard InChI is InChI=1S/C13H18N2O3/c1-18-12-9-15(8-11(12)14-13(16)17)7-10-5-3-2-4-6-10/h2-6,11-12,14H,7-9H2,1H3,(H,16,17)/t11-,12-/m0/s1. The number of nitrogens with zero attached hydrogens (tertiary/aromatic N) is 1. The molecule has 0 unspecified atom stereocenters. The molecule has 0 bridgehead atoms. The highest BCUT2D eigenvalue weighted by Gasteiger charge is 2.33. The molecule has 1 aromatic rings. The Kier molecular flexibility index (Phi) is 4.17. The highest BCUT2D eigenvalue weighted by atomic mass is 16.5. The predicted molar refractivity (Wildman–Crippen MR) is 67.5 cm³/mol. The van der Waals surface area contributed by atoms with E-state index in [-0.39, 0.29) is 12.1 Å². The van der Waals surface area contributed by atoms with Crippen molar-refractivity contribution in [1.29, 1.82) is 0 Å². The lowest BCUT2D eigenvalue weighted by molar-refractivity contribution is 0.0879. The van der Waals surface area contributed by atoms with Crippen LogP contribution in [0.15, 0.2) is 30.3 Å². The van der Waals surface area contributed by atoms with Gasteiger partial charge in [-0.25, -0.2) is 4.79 Å². The molecule has 5 heteroatoms.